The molecule has 2 aromatic heterocycles. The van der Waals surface area contributed by atoms with Gasteiger partial charge in [0.2, 0.25) is 11.1 Å². The SMILES string of the molecule is COC(=O)c1cc(NC(=O)CSc2nnc3c(n2)[nH]c2ccccc23)cc(C(=O)OC)c1. The third kappa shape index (κ3) is 4.37. The van der Waals surface area contributed by atoms with Crippen molar-refractivity contribution in [3.05, 3.63) is 53.6 Å². The average molecular weight is 451 g/mol. The van der Waals surface area contributed by atoms with E-state index < -0.39 is 11.9 Å². The van der Waals surface area contributed by atoms with E-state index in [1.165, 1.54) is 32.4 Å². The fourth-order valence-electron chi connectivity index (χ4n) is 3.07. The lowest BCUT2D eigenvalue weighted by molar-refractivity contribution is -0.113. The van der Waals surface area contributed by atoms with Gasteiger partial charge in [0.1, 0.15) is 5.52 Å². The zero-order valence-corrected chi connectivity index (χ0v) is 17.9. The number of nitrogens with zero attached hydrogens (tertiary/aromatic N) is 3. The van der Waals surface area contributed by atoms with E-state index in [9.17, 15) is 14.4 Å². The lowest BCUT2D eigenvalue weighted by atomic mass is 10.1. The molecule has 162 valence electrons. The van der Waals surface area contributed by atoms with E-state index in [-0.39, 0.29) is 28.5 Å². The van der Waals surface area contributed by atoms with E-state index in [0.29, 0.717) is 16.3 Å². The number of esters is 2. The third-order valence-corrected chi connectivity index (χ3v) is 5.33. The van der Waals surface area contributed by atoms with Crippen LogP contribution in [0.2, 0.25) is 0 Å². The number of carbonyl (C=O) groups is 3. The highest BCUT2D eigenvalue weighted by Crippen LogP contribution is 2.23. The van der Waals surface area contributed by atoms with Crippen LogP contribution in [0.15, 0.2) is 47.6 Å². The summed E-state index contributed by atoms with van der Waals surface area (Å²) in [5.74, 6) is -1.68. The Morgan fingerprint density at radius 2 is 1.69 bits per heavy atom. The van der Waals surface area contributed by atoms with Gasteiger partial charge in [-0.2, -0.15) is 0 Å². The highest BCUT2D eigenvalue weighted by Gasteiger charge is 2.16. The molecule has 1 amide bonds. The molecule has 4 rings (SSSR count). The number of ether oxygens (including phenoxy) is 2. The zero-order chi connectivity index (χ0) is 22.7. The molecule has 0 bridgehead atoms. The van der Waals surface area contributed by atoms with Gasteiger partial charge >= 0.3 is 11.9 Å². The number of anilines is 1. The number of nitrogens with one attached hydrogen (secondary N) is 2. The Kier molecular flexibility index (Phi) is 5.99. The van der Waals surface area contributed by atoms with Crippen LogP contribution in [0.3, 0.4) is 0 Å². The van der Waals surface area contributed by atoms with Gasteiger partial charge in [-0.3, -0.25) is 4.79 Å². The number of benzene rings is 2. The number of thioether (sulfide) groups is 1. The van der Waals surface area contributed by atoms with Crippen LogP contribution in [0.5, 0.6) is 0 Å². The molecule has 0 atom stereocenters. The zero-order valence-electron chi connectivity index (χ0n) is 17.0. The number of carbonyl (C=O) groups excluding carboxylic acids is 3. The van der Waals surface area contributed by atoms with E-state index in [4.69, 9.17) is 9.47 Å². The highest BCUT2D eigenvalue weighted by atomic mass is 32.2. The Balaban J connectivity index is 1.48. The Morgan fingerprint density at radius 1 is 1.00 bits per heavy atom. The molecule has 4 aromatic rings. The third-order valence-electron chi connectivity index (χ3n) is 4.49. The van der Waals surface area contributed by atoms with Crippen molar-refractivity contribution in [1.29, 1.82) is 0 Å². The molecule has 0 unspecified atom stereocenters. The Morgan fingerprint density at radius 3 is 2.38 bits per heavy atom. The van der Waals surface area contributed by atoms with Crippen LogP contribution in [-0.4, -0.2) is 58.0 Å². The number of H-pyrrole nitrogens is 1. The first-order chi connectivity index (χ1) is 15.5. The maximum absolute atomic E-state index is 12.4. The number of fused-ring (bicyclic) bond motifs is 3. The van der Waals surface area contributed by atoms with E-state index >= 15 is 0 Å². The molecule has 0 aliphatic carbocycles. The van der Waals surface area contributed by atoms with Crippen LogP contribution in [0.4, 0.5) is 5.69 Å². The number of aromatic nitrogens is 4. The van der Waals surface area contributed by atoms with Crippen LogP contribution in [0.25, 0.3) is 22.1 Å². The van der Waals surface area contributed by atoms with Gasteiger partial charge < -0.3 is 19.8 Å². The van der Waals surface area contributed by atoms with Crippen molar-refractivity contribution in [3.63, 3.8) is 0 Å². The van der Waals surface area contributed by atoms with Gasteiger partial charge in [-0.15, -0.1) is 10.2 Å². The van der Waals surface area contributed by atoms with E-state index in [2.05, 4.69) is 25.5 Å². The summed E-state index contributed by atoms with van der Waals surface area (Å²) in [5, 5.41) is 12.2. The van der Waals surface area contributed by atoms with Crippen molar-refractivity contribution in [1.82, 2.24) is 20.2 Å². The maximum Gasteiger partial charge on any atom is 0.337 e. The van der Waals surface area contributed by atoms with Crippen LogP contribution >= 0.6 is 11.8 Å². The molecule has 0 saturated carbocycles. The molecule has 0 fully saturated rings. The molecule has 0 aliphatic heterocycles. The van der Waals surface area contributed by atoms with Crippen LogP contribution in [-0.2, 0) is 14.3 Å². The van der Waals surface area contributed by atoms with E-state index in [1.807, 2.05) is 24.3 Å². The molecular formula is C21H17N5O5S. The second-order valence-corrected chi connectivity index (χ2v) is 7.52. The number of rotatable bonds is 6. The number of para-hydroxylation sites is 1. The van der Waals surface area contributed by atoms with Gasteiger partial charge in [0.15, 0.2) is 5.65 Å². The van der Waals surface area contributed by atoms with Crippen LogP contribution < -0.4 is 5.32 Å². The van der Waals surface area contributed by atoms with Gasteiger partial charge in [-0.25, -0.2) is 14.6 Å². The molecule has 10 nitrogen and oxygen atoms in total. The number of methoxy groups -OCH3 is 2. The van der Waals surface area contributed by atoms with Crippen molar-refractivity contribution in [3.8, 4) is 0 Å². The van der Waals surface area contributed by atoms with Crippen molar-refractivity contribution in [2.75, 3.05) is 25.3 Å². The van der Waals surface area contributed by atoms with Gasteiger partial charge in [0, 0.05) is 16.6 Å². The molecule has 32 heavy (non-hydrogen) atoms. The Bertz CT molecular complexity index is 1320. The van der Waals surface area contributed by atoms with Crippen molar-refractivity contribution >= 4 is 57.4 Å². The molecule has 0 radical (unpaired) electrons. The standard InChI is InChI=1S/C21H17N5O5S/c1-30-19(28)11-7-12(20(29)31-2)9-13(8-11)22-16(27)10-32-21-24-18-17(25-26-21)14-5-3-4-6-15(14)23-18/h3-9H,10H2,1-2H3,(H,22,27)(H,23,24,26). The summed E-state index contributed by atoms with van der Waals surface area (Å²) in [7, 11) is 2.44. The van der Waals surface area contributed by atoms with Crippen molar-refractivity contribution in [2.24, 2.45) is 0 Å². The van der Waals surface area contributed by atoms with E-state index in [0.717, 1.165) is 22.7 Å². The molecule has 2 heterocycles. The van der Waals surface area contributed by atoms with Crippen molar-refractivity contribution < 1.29 is 23.9 Å². The van der Waals surface area contributed by atoms with Crippen LogP contribution in [0.1, 0.15) is 20.7 Å². The molecule has 2 aromatic carbocycles. The fraction of sp³-hybridized carbons (Fsp3) is 0.143. The molecule has 2 N–H and O–H groups in total. The summed E-state index contributed by atoms with van der Waals surface area (Å²) in [6.45, 7) is 0. The van der Waals surface area contributed by atoms with Gasteiger partial charge in [0.05, 0.1) is 31.1 Å². The average Bonchev–Trinajstić information content (AvgIpc) is 3.19. The topological polar surface area (TPSA) is 136 Å². The summed E-state index contributed by atoms with van der Waals surface area (Å²) in [4.78, 5) is 43.8. The summed E-state index contributed by atoms with van der Waals surface area (Å²) in [6.07, 6.45) is 0. The second-order valence-electron chi connectivity index (χ2n) is 6.58. The van der Waals surface area contributed by atoms with Crippen molar-refractivity contribution in [2.45, 2.75) is 5.16 Å². The van der Waals surface area contributed by atoms with E-state index in [1.54, 1.807) is 0 Å². The quantitative estimate of drug-likeness (QED) is 0.335. The molecule has 11 heteroatoms. The molecule has 0 saturated heterocycles. The minimum absolute atomic E-state index is 0.0105. The van der Waals surface area contributed by atoms with Gasteiger partial charge in [0.25, 0.3) is 0 Å². The first kappa shape index (κ1) is 21.2. The first-order valence-electron chi connectivity index (χ1n) is 9.34. The Hall–Kier alpha value is -3.99. The highest BCUT2D eigenvalue weighted by molar-refractivity contribution is 7.99. The number of hydrogen-bond acceptors (Lipinski definition) is 9. The van der Waals surface area contributed by atoms with Gasteiger partial charge in [-0.1, -0.05) is 30.0 Å². The number of aromatic amines is 1. The predicted molar refractivity (Wildman–Crippen MR) is 118 cm³/mol. The monoisotopic (exact) mass is 451 g/mol. The Labute approximate surface area is 185 Å². The summed E-state index contributed by atoms with van der Waals surface area (Å²) in [5.41, 5.74) is 2.60. The predicted octanol–water partition coefficient (Wildman–Crippen LogP) is 2.81. The molecular weight excluding hydrogens is 434 g/mol. The second kappa shape index (κ2) is 9.02. The molecule has 0 aliphatic rings. The minimum Gasteiger partial charge on any atom is -0.465 e. The number of amides is 1. The maximum atomic E-state index is 12.4. The van der Waals surface area contributed by atoms with Gasteiger partial charge in [-0.05, 0) is 24.3 Å². The summed E-state index contributed by atoms with van der Waals surface area (Å²) < 4.78 is 9.39. The number of hydrogen-bond donors (Lipinski definition) is 2. The first-order valence-corrected chi connectivity index (χ1v) is 10.3. The smallest absolute Gasteiger partial charge is 0.337 e. The summed E-state index contributed by atoms with van der Waals surface area (Å²) >= 11 is 1.10. The lowest BCUT2D eigenvalue weighted by Crippen LogP contribution is -2.16. The minimum atomic E-state index is -0.647. The lowest BCUT2D eigenvalue weighted by Gasteiger charge is -2.09. The molecule has 0 spiro atoms. The largest absolute Gasteiger partial charge is 0.465 e. The normalized spacial score (nSPS) is 10.8. The van der Waals surface area contributed by atoms with Crippen LogP contribution in [0, 0.1) is 0 Å². The summed E-state index contributed by atoms with van der Waals surface area (Å²) in [6, 6.07) is 11.8. The fourth-order valence-corrected chi connectivity index (χ4v) is 3.65.